The Morgan fingerprint density at radius 3 is 2.60 bits per heavy atom. The monoisotopic (exact) mass is 145 g/mol. The number of hydrogen-bond donors (Lipinski definition) is 1. The minimum Gasteiger partial charge on any atom is -0.366 e. The van der Waals surface area contributed by atoms with Crippen molar-refractivity contribution in [1.29, 1.82) is 0 Å². The lowest BCUT2D eigenvalue weighted by Crippen LogP contribution is -2.29. The van der Waals surface area contributed by atoms with Gasteiger partial charge in [0.2, 0.25) is 0 Å². The molecule has 0 spiro atoms. The number of ketones is 1. The molecule has 1 heterocycles. The van der Waals surface area contributed by atoms with Crippen molar-refractivity contribution in [3.05, 3.63) is 0 Å². The van der Waals surface area contributed by atoms with E-state index < -0.39 is 6.29 Å². The van der Waals surface area contributed by atoms with Crippen LogP contribution in [0.4, 0.5) is 0 Å². The Balaban J connectivity index is 2.54. The van der Waals surface area contributed by atoms with Crippen LogP contribution >= 0.6 is 0 Å². The summed E-state index contributed by atoms with van der Waals surface area (Å²) < 4.78 is 0. The van der Waals surface area contributed by atoms with Gasteiger partial charge in [0.05, 0.1) is 6.04 Å². The lowest BCUT2D eigenvalue weighted by Gasteiger charge is -2.12. The van der Waals surface area contributed by atoms with Gasteiger partial charge in [0, 0.05) is 13.5 Å². The number of likely N-dealkylation sites (N-methyl/N-ethyl adjacent to an activating group) is 1. The first kappa shape index (κ1) is 7.65. The zero-order valence-electron chi connectivity index (χ0n) is 6.07. The van der Waals surface area contributed by atoms with Crippen molar-refractivity contribution in [3.8, 4) is 0 Å². The predicted molar refractivity (Wildman–Crippen MR) is 33.9 cm³/mol. The molecule has 2 atom stereocenters. The summed E-state index contributed by atoms with van der Waals surface area (Å²) in [5.41, 5.74) is 0. The average molecular weight is 145 g/mol. The van der Waals surface area contributed by atoms with Gasteiger partial charge in [-0.15, -0.1) is 0 Å². The molecule has 4 nitrogen and oxygen atoms in total. The summed E-state index contributed by atoms with van der Waals surface area (Å²) >= 11 is 0. The molecule has 0 aliphatic carbocycles. The molecule has 2 unspecified atom stereocenters. The maximum absolute atomic E-state index is 10.8. The van der Waals surface area contributed by atoms with E-state index in [4.69, 9.17) is 9.94 Å². The lowest BCUT2D eigenvalue weighted by atomic mass is 10.1. The van der Waals surface area contributed by atoms with Gasteiger partial charge in [0.15, 0.2) is 6.29 Å². The standard InChI is InChI=1S/C6H11NO3/c1-4(8)5-3-6(9)10-7(5)2/h5-6,9H,3H2,1-2H3. The first-order chi connectivity index (χ1) is 4.61. The number of aliphatic hydroxyl groups excluding tert-OH is 1. The number of Topliss-reactive ketones (excluding diaryl/α,β-unsaturated/α-hetero) is 1. The lowest BCUT2D eigenvalue weighted by molar-refractivity contribution is -0.207. The van der Waals surface area contributed by atoms with E-state index in [1.807, 2.05) is 0 Å². The highest BCUT2D eigenvalue weighted by atomic mass is 16.8. The molecule has 1 rings (SSSR count). The zero-order valence-corrected chi connectivity index (χ0v) is 6.07. The molecule has 1 saturated heterocycles. The van der Waals surface area contributed by atoms with E-state index in [1.54, 1.807) is 7.05 Å². The fourth-order valence-corrected chi connectivity index (χ4v) is 1.07. The normalized spacial score (nSPS) is 34.7. The molecule has 1 N–H and O–H groups in total. The quantitative estimate of drug-likeness (QED) is 0.542. The van der Waals surface area contributed by atoms with Crippen LogP contribution in [0.3, 0.4) is 0 Å². The van der Waals surface area contributed by atoms with Crippen molar-refractivity contribution < 1.29 is 14.7 Å². The van der Waals surface area contributed by atoms with Gasteiger partial charge in [0.25, 0.3) is 0 Å². The summed E-state index contributed by atoms with van der Waals surface area (Å²) in [7, 11) is 1.64. The third-order valence-electron chi connectivity index (χ3n) is 1.62. The summed E-state index contributed by atoms with van der Waals surface area (Å²) in [5, 5.41) is 10.3. The van der Waals surface area contributed by atoms with Crippen LogP contribution in [-0.2, 0) is 9.63 Å². The minimum absolute atomic E-state index is 0.0269. The van der Waals surface area contributed by atoms with Crippen LogP contribution in [0.1, 0.15) is 13.3 Å². The Morgan fingerprint density at radius 1 is 1.80 bits per heavy atom. The summed E-state index contributed by atoms with van der Waals surface area (Å²) in [6.07, 6.45) is -0.426. The maximum atomic E-state index is 10.8. The molecule has 0 aromatic rings. The van der Waals surface area contributed by atoms with Crippen LogP contribution in [0.15, 0.2) is 0 Å². The van der Waals surface area contributed by atoms with Crippen molar-refractivity contribution in [2.45, 2.75) is 25.7 Å². The van der Waals surface area contributed by atoms with E-state index in [1.165, 1.54) is 12.0 Å². The van der Waals surface area contributed by atoms with Crippen LogP contribution in [-0.4, -0.2) is 35.3 Å². The predicted octanol–water partition coefficient (Wildman–Crippen LogP) is -0.470. The Kier molecular flexibility index (Phi) is 2.03. The van der Waals surface area contributed by atoms with Crippen LogP contribution in [0.25, 0.3) is 0 Å². The van der Waals surface area contributed by atoms with Gasteiger partial charge in [-0.1, -0.05) is 0 Å². The van der Waals surface area contributed by atoms with Crippen molar-refractivity contribution >= 4 is 5.78 Å². The van der Waals surface area contributed by atoms with E-state index in [0.717, 1.165) is 0 Å². The van der Waals surface area contributed by atoms with Gasteiger partial charge in [0.1, 0.15) is 5.78 Å². The van der Waals surface area contributed by atoms with Crippen molar-refractivity contribution in [2.24, 2.45) is 0 Å². The number of hydroxylamine groups is 2. The highest BCUT2D eigenvalue weighted by Crippen LogP contribution is 2.17. The van der Waals surface area contributed by atoms with Crippen molar-refractivity contribution in [1.82, 2.24) is 5.06 Å². The number of nitrogens with zero attached hydrogens (tertiary/aromatic N) is 1. The molecule has 0 radical (unpaired) electrons. The van der Waals surface area contributed by atoms with Gasteiger partial charge >= 0.3 is 0 Å². The minimum atomic E-state index is -0.807. The molecule has 1 aliphatic rings. The molecule has 0 bridgehead atoms. The molecule has 0 aromatic heterocycles. The number of aliphatic hydroxyl groups is 1. The van der Waals surface area contributed by atoms with Gasteiger partial charge in [-0.2, -0.15) is 5.06 Å². The molecule has 1 fully saturated rings. The van der Waals surface area contributed by atoms with E-state index in [2.05, 4.69) is 0 Å². The van der Waals surface area contributed by atoms with Gasteiger partial charge in [-0.3, -0.25) is 9.63 Å². The second kappa shape index (κ2) is 2.65. The average Bonchev–Trinajstić information content (AvgIpc) is 2.10. The summed E-state index contributed by atoms with van der Waals surface area (Å²) in [6.45, 7) is 1.49. The van der Waals surface area contributed by atoms with Crippen LogP contribution in [0.5, 0.6) is 0 Å². The third kappa shape index (κ3) is 1.34. The summed E-state index contributed by atoms with van der Waals surface area (Å²) in [5.74, 6) is 0.0269. The second-order valence-electron chi connectivity index (χ2n) is 2.47. The van der Waals surface area contributed by atoms with Crippen LogP contribution in [0, 0.1) is 0 Å². The summed E-state index contributed by atoms with van der Waals surface area (Å²) in [6, 6.07) is -0.269. The van der Waals surface area contributed by atoms with Gasteiger partial charge in [-0.25, -0.2) is 0 Å². The van der Waals surface area contributed by atoms with E-state index in [9.17, 15) is 4.79 Å². The number of carbonyl (C=O) groups excluding carboxylic acids is 1. The number of carbonyl (C=O) groups is 1. The fraction of sp³-hybridized carbons (Fsp3) is 0.833. The van der Waals surface area contributed by atoms with E-state index in [-0.39, 0.29) is 11.8 Å². The largest absolute Gasteiger partial charge is 0.366 e. The molecule has 0 saturated carbocycles. The molecule has 0 amide bonds. The molecule has 4 heteroatoms. The SMILES string of the molecule is CC(=O)C1CC(O)ON1C. The fourth-order valence-electron chi connectivity index (χ4n) is 1.07. The van der Waals surface area contributed by atoms with Crippen LogP contribution in [0.2, 0.25) is 0 Å². The molecular weight excluding hydrogens is 134 g/mol. The Morgan fingerprint density at radius 2 is 2.40 bits per heavy atom. The van der Waals surface area contributed by atoms with E-state index in [0.29, 0.717) is 6.42 Å². The Labute approximate surface area is 59.3 Å². The van der Waals surface area contributed by atoms with Crippen molar-refractivity contribution in [2.75, 3.05) is 7.05 Å². The zero-order chi connectivity index (χ0) is 7.72. The molecule has 0 aromatic carbocycles. The molecular formula is C6H11NO3. The first-order valence-electron chi connectivity index (χ1n) is 3.19. The summed E-state index contributed by atoms with van der Waals surface area (Å²) in [4.78, 5) is 15.6. The van der Waals surface area contributed by atoms with Crippen LogP contribution < -0.4 is 0 Å². The topological polar surface area (TPSA) is 49.8 Å². The Hall–Kier alpha value is -0.450. The maximum Gasteiger partial charge on any atom is 0.176 e. The third-order valence-corrected chi connectivity index (χ3v) is 1.62. The Bertz CT molecular complexity index is 148. The second-order valence-corrected chi connectivity index (χ2v) is 2.47. The van der Waals surface area contributed by atoms with Gasteiger partial charge in [-0.05, 0) is 6.92 Å². The first-order valence-corrected chi connectivity index (χ1v) is 3.19. The van der Waals surface area contributed by atoms with Crippen molar-refractivity contribution in [3.63, 3.8) is 0 Å². The number of hydrogen-bond acceptors (Lipinski definition) is 4. The molecule has 58 valence electrons. The van der Waals surface area contributed by atoms with Gasteiger partial charge < -0.3 is 5.11 Å². The van der Waals surface area contributed by atoms with E-state index >= 15 is 0 Å². The smallest absolute Gasteiger partial charge is 0.176 e. The number of rotatable bonds is 1. The molecule has 10 heavy (non-hydrogen) atoms. The molecule has 1 aliphatic heterocycles. The highest BCUT2D eigenvalue weighted by Gasteiger charge is 2.32. The highest BCUT2D eigenvalue weighted by molar-refractivity contribution is 5.81.